The Morgan fingerprint density at radius 3 is 2.33 bits per heavy atom. The normalized spacial score (nSPS) is 12.1. The molecule has 4 heteroatoms. The van der Waals surface area contributed by atoms with Gasteiger partial charge < -0.3 is 15.5 Å². The van der Waals surface area contributed by atoms with E-state index in [1.54, 1.807) is 0 Å². The van der Waals surface area contributed by atoms with E-state index in [4.69, 9.17) is 0 Å². The number of anilines is 1. The maximum atomic E-state index is 12.0. The molecule has 1 amide bonds. The molecule has 1 rings (SSSR count). The van der Waals surface area contributed by atoms with E-state index in [0.717, 1.165) is 25.7 Å². The second-order valence-electron chi connectivity index (χ2n) is 4.47. The Hall–Kier alpha value is -1.71. The second kappa shape index (κ2) is 6.89. The summed E-state index contributed by atoms with van der Waals surface area (Å²) in [6.45, 7) is 4.08. The summed E-state index contributed by atoms with van der Waals surface area (Å²) in [5.41, 5.74) is 0.424. The smallest absolute Gasteiger partial charge is 0.227 e. The third-order valence-electron chi connectivity index (χ3n) is 2.94. The minimum atomic E-state index is -0.0630. The van der Waals surface area contributed by atoms with Gasteiger partial charge in [0.05, 0.1) is 0 Å². The second-order valence-corrected chi connectivity index (χ2v) is 4.47. The first-order valence-corrected chi connectivity index (χ1v) is 6.40. The summed E-state index contributed by atoms with van der Waals surface area (Å²) in [7, 11) is 0. The third-order valence-corrected chi connectivity index (χ3v) is 2.94. The number of hydrogen-bond donors (Lipinski definition) is 3. The first kappa shape index (κ1) is 14.4. The Morgan fingerprint density at radius 1 is 1.22 bits per heavy atom. The van der Waals surface area contributed by atoms with Crippen LogP contribution in [0.5, 0.6) is 11.5 Å². The molecule has 1 unspecified atom stereocenters. The molecule has 0 fully saturated rings. The van der Waals surface area contributed by atoms with Gasteiger partial charge in [-0.3, -0.25) is 4.79 Å². The molecular weight excluding hydrogens is 230 g/mol. The Kier molecular flexibility index (Phi) is 5.49. The van der Waals surface area contributed by atoms with Crippen LogP contribution in [0.25, 0.3) is 0 Å². The molecular formula is C14H21NO3. The van der Waals surface area contributed by atoms with Crippen molar-refractivity contribution in [3.8, 4) is 11.5 Å². The van der Waals surface area contributed by atoms with Gasteiger partial charge in [0.15, 0.2) is 0 Å². The van der Waals surface area contributed by atoms with E-state index >= 15 is 0 Å². The zero-order chi connectivity index (χ0) is 13.5. The van der Waals surface area contributed by atoms with Crippen LogP contribution in [0.3, 0.4) is 0 Å². The fourth-order valence-corrected chi connectivity index (χ4v) is 1.88. The standard InChI is InChI=1S/C14H21NO3/c1-3-5-6-10(4-2)14(18)15-11-7-12(16)9-13(17)8-11/h7-10,16-17H,3-6H2,1-2H3,(H,15,18). The van der Waals surface area contributed by atoms with E-state index in [2.05, 4.69) is 12.2 Å². The first-order chi connectivity index (χ1) is 8.56. The predicted molar refractivity (Wildman–Crippen MR) is 71.7 cm³/mol. The highest BCUT2D eigenvalue weighted by Crippen LogP contribution is 2.25. The van der Waals surface area contributed by atoms with Crippen molar-refractivity contribution in [2.45, 2.75) is 39.5 Å². The van der Waals surface area contributed by atoms with E-state index in [9.17, 15) is 15.0 Å². The van der Waals surface area contributed by atoms with Crippen LogP contribution in [0, 0.1) is 5.92 Å². The molecule has 0 saturated carbocycles. The summed E-state index contributed by atoms with van der Waals surface area (Å²) in [5.74, 6) is -0.204. The Balaban J connectivity index is 2.67. The summed E-state index contributed by atoms with van der Waals surface area (Å²) in [4.78, 5) is 12.0. The van der Waals surface area contributed by atoms with Crippen molar-refractivity contribution >= 4 is 11.6 Å². The molecule has 1 aromatic carbocycles. The molecule has 0 aliphatic carbocycles. The fraction of sp³-hybridized carbons (Fsp3) is 0.500. The number of benzene rings is 1. The van der Waals surface area contributed by atoms with Crippen molar-refractivity contribution in [3.05, 3.63) is 18.2 Å². The average molecular weight is 251 g/mol. The highest BCUT2D eigenvalue weighted by molar-refractivity contribution is 5.92. The lowest BCUT2D eigenvalue weighted by atomic mass is 9.98. The van der Waals surface area contributed by atoms with Crippen LogP contribution in [-0.4, -0.2) is 16.1 Å². The van der Waals surface area contributed by atoms with Gasteiger partial charge in [0, 0.05) is 29.8 Å². The van der Waals surface area contributed by atoms with Gasteiger partial charge in [0.2, 0.25) is 5.91 Å². The summed E-state index contributed by atoms with van der Waals surface area (Å²) in [5, 5.41) is 21.4. The molecule has 0 bridgehead atoms. The van der Waals surface area contributed by atoms with Crippen molar-refractivity contribution in [2.24, 2.45) is 5.92 Å². The van der Waals surface area contributed by atoms with E-state index < -0.39 is 0 Å². The SMILES string of the molecule is CCCCC(CC)C(=O)Nc1cc(O)cc(O)c1. The van der Waals surface area contributed by atoms with Crippen LogP contribution in [0.1, 0.15) is 39.5 Å². The van der Waals surface area contributed by atoms with Crippen molar-refractivity contribution < 1.29 is 15.0 Å². The summed E-state index contributed by atoms with van der Waals surface area (Å²) < 4.78 is 0. The van der Waals surface area contributed by atoms with Crippen LogP contribution >= 0.6 is 0 Å². The molecule has 0 spiro atoms. The van der Waals surface area contributed by atoms with Gasteiger partial charge in [0.1, 0.15) is 11.5 Å². The van der Waals surface area contributed by atoms with Crippen LogP contribution in [0.4, 0.5) is 5.69 Å². The molecule has 0 aliphatic rings. The van der Waals surface area contributed by atoms with Gasteiger partial charge in [-0.05, 0) is 12.8 Å². The largest absolute Gasteiger partial charge is 0.508 e. The fourth-order valence-electron chi connectivity index (χ4n) is 1.88. The number of nitrogens with one attached hydrogen (secondary N) is 1. The van der Waals surface area contributed by atoms with Crippen LogP contribution in [0.15, 0.2) is 18.2 Å². The van der Waals surface area contributed by atoms with Crippen molar-refractivity contribution in [1.82, 2.24) is 0 Å². The van der Waals surface area contributed by atoms with Gasteiger partial charge in [0.25, 0.3) is 0 Å². The molecule has 0 radical (unpaired) electrons. The molecule has 0 aliphatic heterocycles. The maximum absolute atomic E-state index is 12.0. The average Bonchev–Trinajstić information content (AvgIpc) is 2.28. The van der Waals surface area contributed by atoms with Gasteiger partial charge >= 0.3 is 0 Å². The number of phenols is 2. The van der Waals surface area contributed by atoms with Crippen LogP contribution in [0.2, 0.25) is 0 Å². The van der Waals surface area contributed by atoms with Crippen LogP contribution in [-0.2, 0) is 4.79 Å². The third kappa shape index (κ3) is 4.28. The van der Waals surface area contributed by atoms with Gasteiger partial charge in [-0.25, -0.2) is 0 Å². The molecule has 1 atom stereocenters. The number of amides is 1. The van der Waals surface area contributed by atoms with E-state index in [1.165, 1.54) is 18.2 Å². The molecule has 0 heterocycles. The Labute approximate surface area is 108 Å². The zero-order valence-corrected chi connectivity index (χ0v) is 10.9. The lowest BCUT2D eigenvalue weighted by Gasteiger charge is -2.14. The Morgan fingerprint density at radius 2 is 1.83 bits per heavy atom. The molecule has 4 nitrogen and oxygen atoms in total. The number of hydrogen-bond acceptors (Lipinski definition) is 3. The maximum Gasteiger partial charge on any atom is 0.227 e. The Bertz CT molecular complexity index is 384. The number of carbonyl (C=O) groups excluding carboxylic acids is 1. The van der Waals surface area contributed by atoms with E-state index in [0.29, 0.717) is 5.69 Å². The highest BCUT2D eigenvalue weighted by Gasteiger charge is 2.16. The van der Waals surface area contributed by atoms with Crippen molar-refractivity contribution in [1.29, 1.82) is 0 Å². The number of rotatable bonds is 6. The lowest BCUT2D eigenvalue weighted by Crippen LogP contribution is -2.22. The number of carbonyl (C=O) groups is 1. The zero-order valence-electron chi connectivity index (χ0n) is 10.9. The monoisotopic (exact) mass is 251 g/mol. The summed E-state index contributed by atoms with van der Waals surface area (Å²) in [6, 6.07) is 4.07. The molecule has 0 aromatic heterocycles. The first-order valence-electron chi connectivity index (χ1n) is 6.40. The van der Waals surface area contributed by atoms with Gasteiger partial charge in [-0.1, -0.05) is 26.7 Å². The molecule has 1 aromatic rings. The van der Waals surface area contributed by atoms with E-state index in [1.807, 2.05) is 6.92 Å². The number of aromatic hydroxyl groups is 2. The summed E-state index contributed by atoms with van der Waals surface area (Å²) >= 11 is 0. The van der Waals surface area contributed by atoms with Crippen molar-refractivity contribution in [2.75, 3.05) is 5.32 Å². The molecule has 100 valence electrons. The minimum absolute atomic E-state index is 0.0190. The number of unbranched alkanes of at least 4 members (excludes halogenated alkanes) is 1. The molecule has 0 saturated heterocycles. The molecule has 3 N–H and O–H groups in total. The quantitative estimate of drug-likeness (QED) is 0.726. The lowest BCUT2D eigenvalue weighted by molar-refractivity contribution is -0.120. The van der Waals surface area contributed by atoms with Gasteiger partial charge in [-0.15, -0.1) is 0 Å². The summed E-state index contributed by atoms with van der Waals surface area (Å²) in [6.07, 6.45) is 3.74. The number of phenolic OH excluding ortho intramolecular Hbond substituents is 2. The van der Waals surface area contributed by atoms with E-state index in [-0.39, 0.29) is 23.3 Å². The molecule has 18 heavy (non-hydrogen) atoms. The highest BCUT2D eigenvalue weighted by atomic mass is 16.3. The minimum Gasteiger partial charge on any atom is -0.508 e. The predicted octanol–water partition coefficient (Wildman–Crippen LogP) is 3.25. The topological polar surface area (TPSA) is 69.6 Å². The van der Waals surface area contributed by atoms with Crippen LogP contribution < -0.4 is 5.32 Å². The van der Waals surface area contributed by atoms with Crippen molar-refractivity contribution in [3.63, 3.8) is 0 Å². The van der Waals surface area contributed by atoms with Gasteiger partial charge in [-0.2, -0.15) is 0 Å².